The summed E-state index contributed by atoms with van der Waals surface area (Å²) in [4.78, 5) is 3.88. The molecule has 0 fully saturated rings. The Hall–Kier alpha value is -2.08. The highest BCUT2D eigenvalue weighted by Gasteiger charge is 2.34. The fraction of sp³-hybridized carbons (Fsp3) is 0.214. The Bertz CT molecular complexity index is 585. The maximum absolute atomic E-state index is 12.9. The highest BCUT2D eigenvalue weighted by molar-refractivity contribution is 5.41. The Morgan fingerprint density at radius 2 is 1.90 bits per heavy atom. The third-order valence-electron chi connectivity index (χ3n) is 2.65. The Kier molecular flexibility index (Phi) is 4.24. The van der Waals surface area contributed by atoms with E-state index in [0.717, 1.165) is 11.6 Å². The Morgan fingerprint density at radius 3 is 2.60 bits per heavy atom. The number of rotatable bonds is 4. The monoisotopic (exact) mass is 282 g/mol. The van der Waals surface area contributed by atoms with Crippen LogP contribution in [0.25, 0.3) is 0 Å². The maximum Gasteiger partial charge on any atom is 0.419 e. The van der Waals surface area contributed by atoms with E-state index in [1.54, 1.807) is 19.3 Å². The van der Waals surface area contributed by atoms with Gasteiger partial charge >= 0.3 is 6.18 Å². The predicted molar refractivity (Wildman–Crippen MR) is 68.5 cm³/mol. The van der Waals surface area contributed by atoms with Gasteiger partial charge in [0.15, 0.2) is 0 Å². The Balaban J connectivity index is 2.36. The fourth-order valence-electron chi connectivity index (χ4n) is 1.75. The van der Waals surface area contributed by atoms with Gasteiger partial charge in [-0.15, -0.1) is 0 Å². The quantitative estimate of drug-likeness (QED) is 0.930. The van der Waals surface area contributed by atoms with Gasteiger partial charge in [0.25, 0.3) is 0 Å². The molecule has 1 aromatic heterocycles. The van der Waals surface area contributed by atoms with Crippen LogP contribution in [0.5, 0.6) is 11.5 Å². The molecular formula is C14H13F3N2O. The van der Waals surface area contributed by atoms with E-state index in [0.29, 0.717) is 12.3 Å². The van der Waals surface area contributed by atoms with Crippen LogP contribution in [-0.4, -0.2) is 12.0 Å². The molecule has 106 valence electrons. The zero-order valence-corrected chi connectivity index (χ0v) is 10.7. The summed E-state index contributed by atoms with van der Waals surface area (Å²) < 4.78 is 44.1. The van der Waals surface area contributed by atoms with E-state index in [2.05, 4.69) is 10.3 Å². The molecule has 1 aromatic carbocycles. The number of hydrogen-bond donors (Lipinski definition) is 1. The number of alkyl halides is 3. The summed E-state index contributed by atoms with van der Waals surface area (Å²) in [6.45, 7) is 0.478. The van der Waals surface area contributed by atoms with Gasteiger partial charge in [0.2, 0.25) is 0 Å². The number of nitrogens with one attached hydrogen (secondary N) is 1. The van der Waals surface area contributed by atoms with Crippen LogP contribution in [-0.2, 0) is 12.7 Å². The number of para-hydroxylation sites is 1. The van der Waals surface area contributed by atoms with Gasteiger partial charge in [-0.2, -0.15) is 13.2 Å². The summed E-state index contributed by atoms with van der Waals surface area (Å²) in [6, 6.07) is 6.80. The molecule has 0 aliphatic carbocycles. The molecule has 0 bridgehead atoms. The van der Waals surface area contributed by atoms with E-state index in [1.165, 1.54) is 24.4 Å². The van der Waals surface area contributed by atoms with Crippen molar-refractivity contribution < 1.29 is 17.9 Å². The average molecular weight is 282 g/mol. The van der Waals surface area contributed by atoms with Crippen molar-refractivity contribution in [2.45, 2.75) is 12.7 Å². The largest absolute Gasteiger partial charge is 0.455 e. The van der Waals surface area contributed by atoms with Crippen molar-refractivity contribution in [2.24, 2.45) is 0 Å². The van der Waals surface area contributed by atoms with Crippen LogP contribution in [0.4, 0.5) is 13.2 Å². The second-order valence-electron chi connectivity index (χ2n) is 4.11. The lowest BCUT2D eigenvalue weighted by molar-refractivity contribution is -0.138. The number of pyridine rings is 1. The molecule has 0 aliphatic heterocycles. The van der Waals surface area contributed by atoms with Gasteiger partial charge in [-0.3, -0.25) is 4.98 Å². The van der Waals surface area contributed by atoms with E-state index in [4.69, 9.17) is 4.74 Å². The number of benzene rings is 1. The summed E-state index contributed by atoms with van der Waals surface area (Å²) in [6.07, 6.45) is -1.49. The van der Waals surface area contributed by atoms with Crippen molar-refractivity contribution in [2.75, 3.05) is 7.05 Å². The average Bonchev–Trinajstić information content (AvgIpc) is 2.41. The molecule has 3 nitrogen and oxygen atoms in total. The van der Waals surface area contributed by atoms with Crippen LogP contribution < -0.4 is 10.1 Å². The van der Waals surface area contributed by atoms with Crippen LogP contribution in [0.2, 0.25) is 0 Å². The molecule has 1 N–H and O–H groups in total. The minimum absolute atomic E-state index is 0.231. The fourth-order valence-corrected chi connectivity index (χ4v) is 1.75. The number of hydrogen-bond acceptors (Lipinski definition) is 3. The minimum Gasteiger partial charge on any atom is -0.455 e. The first-order valence-corrected chi connectivity index (χ1v) is 5.94. The summed E-state index contributed by atoms with van der Waals surface area (Å²) in [5, 5.41) is 2.93. The molecule has 0 saturated heterocycles. The molecular weight excluding hydrogens is 269 g/mol. The molecule has 2 rings (SSSR count). The van der Waals surface area contributed by atoms with Crippen molar-refractivity contribution in [1.82, 2.24) is 10.3 Å². The molecule has 20 heavy (non-hydrogen) atoms. The maximum atomic E-state index is 12.9. The highest BCUT2D eigenvalue weighted by Crippen LogP contribution is 2.38. The van der Waals surface area contributed by atoms with Crippen molar-refractivity contribution in [3.05, 3.63) is 53.9 Å². The standard InChI is InChI=1S/C14H13F3N2O/c1-18-8-10-6-7-19-9-13(10)20-12-5-3-2-4-11(12)14(15,16)17/h2-7,9,18H,8H2,1H3. The van der Waals surface area contributed by atoms with Crippen molar-refractivity contribution >= 4 is 0 Å². The van der Waals surface area contributed by atoms with Gasteiger partial charge in [0.05, 0.1) is 11.8 Å². The summed E-state index contributed by atoms with van der Waals surface area (Å²) in [5.74, 6) is 0.0731. The molecule has 0 atom stereocenters. The first kappa shape index (κ1) is 14.3. The molecule has 0 aliphatic rings. The van der Waals surface area contributed by atoms with E-state index >= 15 is 0 Å². The van der Waals surface area contributed by atoms with Gasteiger partial charge in [-0.25, -0.2) is 0 Å². The van der Waals surface area contributed by atoms with E-state index in [1.807, 2.05) is 0 Å². The number of halogens is 3. The van der Waals surface area contributed by atoms with E-state index < -0.39 is 11.7 Å². The summed E-state index contributed by atoms with van der Waals surface area (Å²) >= 11 is 0. The van der Waals surface area contributed by atoms with Gasteiger partial charge in [-0.1, -0.05) is 12.1 Å². The predicted octanol–water partition coefficient (Wildman–Crippen LogP) is 3.61. The zero-order chi connectivity index (χ0) is 14.6. The van der Waals surface area contributed by atoms with E-state index in [-0.39, 0.29) is 5.75 Å². The number of aromatic nitrogens is 1. The third kappa shape index (κ3) is 3.27. The molecule has 2 aromatic rings. The van der Waals surface area contributed by atoms with Gasteiger partial charge in [0, 0.05) is 18.3 Å². The molecule has 6 heteroatoms. The van der Waals surface area contributed by atoms with E-state index in [9.17, 15) is 13.2 Å². The van der Waals surface area contributed by atoms with Crippen LogP contribution in [0, 0.1) is 0 Å². The van der Waals surface area contributed by atoms with Gasteiger partial charge in [-0.05, 0) is 25.2 Å². The lowest BCUT2D eigenvalue weighted by Gasteiger charge is -2.15. The first-order valence-electron chi connectivity index (χ1n) is 5.94. The van der Waals surface area contributed by atoms with Crippen molar-refractivity contribution in [3.8, 4) is 11.5 Å². The third-order valence-corrected chi connectivity index (χ3v) is 2.65. The van der Waals surface area contributed by atoms with Crippen molar-refractivity contribution in [3.63, 3.8) is 0 Å². The lowest BCUT2D eigenvalue weighted by atomic mass is 10.2. The minimum atomic E-state index is -4.46. The summed E-state index contributed by atoms with van der Waals surface area (Å²) in [5.41, 5.74) is -0.0706. The zero-order valence-electron chi connectivity index (χ0n) is 10.7. The molecule has 1 heterocycles. The van der Waals surface area contributed by atoms with Crippen LogP contribution >= 0.6 is 0 Å². The first-order chi connectivity index (χ1) is 9.52. The SMILES string of the molecule is CNCc1ccncc1Oc1ccccc1C(F)(F)F. The molecule has 0 unspecified atom stereocenters. The summed E-state index contributed by atoms with van der Waals surface area (Å²) in [7, 11) is 1.74. The second-order valence-corrected chi connectivity index (χ2v) is 4.11. The smallest absolute Gasteiger partial charge is 0.419 e. The number of ether oxygens (including phenoxy) is 1. The lowest BCUT2D eigenvalue weighted by Crippen LogP contribution is -2.09. The highest BCUT2D eigenvalue weighted by atomic mass is 19.4. The normalized spacial score (nSPS) is 11.4. The molecule has 0 radical (unpaired) electrons. The second kappa shape index (κ2) is 5.92. The molecule has 0 spiro atoms. The topological polar surface area (TPSA) is 34.2 Å². The van der Waals surface area contributed by atoms with Crippen LogP contribution in [0.1, 0.15) is 11.1 Å². The van der Waals surface area contributed by atoms with Gasteiger partial charge in [0.1, 0.15) is 11.5 Å². The Morgan fingerprint density at radius 1 is 1.15 bits per heavy atom. The number of nitrogens with zero attached hydrogens (tertiary/aromatic N) is 1. The van der Waals surface area contributed by atoms with Crippen LogP contribution in [0.3, 0.4) is 0 Å². The van der Waals surface area contributed by atoms with Crippen LogP contribution in [0.15, 0.2) is 42.7 Å². The molecule has 0 amide bonds. The van der Waals surface area contributed by atoms with Crippen molar-refractivity contribution in [1.29, 1.82) is 0 Å². The Labute approximate surface area is 114 Å². The van der Waals surface area contributed by atoms with Gasteiger partial charge < -0.3 is 10.1 Å². The molecule has 0 saturated carbocycles.